The van der Waals surface area contributed by atoms with E-state index >= 15 is 0 Å². The van der Waals surface area contributed by atoms with Gasteiger partial charge in [0.05, 0.1) is 9.79 Å². The zero-order valence-corrected chi connectivity index (χ0v) is 18.7. The molecule has 1 atom stereocenters. The van der Waals surface area contributed by atoms with Crippen LogP contribution in [0.2, 0.25) is 0 Å². The predicted octanol–water partition coefficient (Wildman–Crippen LogP) is 4.57. The monoisotopic (exact) mass is 439 g/mol. The van der Waals surface area contributed by atoms with Gasteiger partial charge in [0.25, 0.3) is 0 Å². The van der Waals surface area contributed by atoms with Crippen molar-refractivity contribution in [2.45, 2.75) is 27.0 Å². The van der Waals surface area contributed by atoms with Crippen molar-refractivity contribution in [2.75, 3.05) is 26.4 Å². The Kier molecular flexibility index (Phi) is 5.91. The average Bonchev–Trinajstić information content (AvgIpc) is 2.88. The van der Waals surface area contributed by atoms with E-state index in [0.717, 1.165) is 29.3 Å². The number of phenols is 1. The standard InChI is InChI=1S/C24H25NO3S2/c1-25-13-12-18-14-24(29-19-8-10-20(11-9-19)30(2,27)28)23(26)15-21(18)22(16-25)17-6-4-3-5-7-17/h3-11,14-15,22,26H,12-13,16H2,1-2H3. The van der Waals surface area contributed by atoms with Crippen LogP contribution in [0.3, 0.4) is 0 Å². The molecular formula is C24H25NO3S2. The highest BCUT2D eigenvalue weighted by Crippen LogP contribution is 2.40. The lowest BCUT2D eigenvalue weighted by Gasteiger charge is -2.22. The first-order chi connectivity index (χ1) is 14.3. The summed E-state index contributed by atoms with van der Waals surface area (Å²) in [4.78, 5) is 4.32. The molecule has 3 aromatic rings. The maximum Gasteiger partial charge on any atom is 0.175 e. The zero-order chi connectivity index (χ0) is 21.3. The Labute approximate surface area is 182 Å². The van der Waals surface area contributed by atoms with Crippen molar-refractivity contribution in [1.82, 2.24) is 4.90 Å². The number of hydrogen-bond donors (Lipinski definition) is 1. The van der Waals surface area contributed by atoms with Crippen molar-refractivity contribution >= 4 is 21.6 Å². The van der Waals surface area contributed by atoms with Crippen LogP contribution in [0.5, 0.6) is 5.75 Å². The van der Waals surface area contributed by atoms with Gasteiger partial charge in [-0.05, 0) is 66.6 Å². The maximum atomic E-state index is 11.7. The quantitative estimate of drug-likeness (QED) is 0.646. The molecule has 0 aliphatic carbocycles. The van der Waals surface area contributed by atoms with Crippen molar-refractivity contribution < 1.29 is 13.5 Å². The van der Waals surface area contributed by atoms with E-state index in [-0.39, 0.29) is 11.7 Å². The molecule has 4 rings (SSSR count). The second-order valence-electron chi connectivity index (χ2n) is 7.84. The number of nitrogens with zero attached hydrogens (tertiary/aromatic N) is 1. The second-order valence-corrected chi connectivity index (χ2v) is 11.0. The molecule has 6 heteroatoms. The summed E-state index contributed by atoms with van der Waals surface area (Å²) in [5, 5.41) is 10.8. The Morgan fingerprint density at radius 1 is 1.03 bits per heavy atom. The third kappa shape index (κ3) is 4.56. The lowest BCUT2D eigenvalue weighted by Crippen LogP contribution is -2.24. The van der Waals surface area contributed by atoms with Gasteiger partial charge in [0, 0.05) is 30.2 Å². The summed E-state index contributed by atoms with van der Waals surface area (Å²) in [6, 6.07) is 21.2. The lowest BCUT2D eigenvalue weighted by atomic mass is 9.88. The van der Waals surface area contributed by atoms with E-state index in [2.05, 4.69) is 42.3 Å². The van der Waals surface area contributed by atoms with E-state index in [9.17, 15) is 13.5 Å². The largest absolute Gasteiger partial charge is 0.507 e. The molecule has 4 nitrogen and oxygen atoms in total. The summed E-state index contributed by atoms with van der Waals surface area (Å²) in [7, 11) is -1.08. The van der Waals surface area contributed by atoms with Crippen LogP contribution in [0.1, 0.15) is 22.6 Å². The zero-order valence-electron chi connectivity index (χ0n) is 17.1. The number of hydrogen-bond acceptors (Lipinski definition) is 5. The van der Waals surface area contributed by atoms with Crippen molar-refractivity contribution in [3.8, 4) is 5.75 Å². The molecule has 0 spiro atoms. The fraction of sp³-hybridized carbons (Fsp3) is 0.250. The summed E-state index contributed by atoms with van der Waals surface area (Å²) in [6.45, 7) is 1.88. The molecule has 0 amide bonds. The van der Waals surface area contributed by atoms with Crippen molar-refractivity contribution in [1.29, 1.82) is 0 Å². The first kappa shape index (κ1) is 21.0. The van der Waals surface area contributed by atoms with E-state index in [1.807, 2.05) is 12.1 Å². The van der Waals surface area contributed by atoms with Gasteiger partial charge in [0.2, 0.25) is 0 Å². The molecule has 30 heavy (non-hydrogen) atoms. The molecule has 1 heterocycles. The molecule has 156 valence electrons. The Bertz CT molecular complexity index is 1140. The molecule has 1 aliphatic rings. The van der Waals surface area contributed by atoms with Gasteiger partial charge >= 0.3 is 0 Å². The Morgan fingerprint density at radius 3 is 2.40 bits per heavy atom. The average molecular weight is 440 g/mol. The SMILES string of the molecule is CN1CCc2cc(Sc3ccc(S(C)(=O)=O)cc3)c(O)cc2C(c2ccccc2)C1. The molecule has 1 unspecified atom stereocenters. The Morgan fingerprint density at radius 2 is 1.73 bits per heavy atom. The van der Waals surface area contributed by atoms with Crippen LogP contribution in [0.4, 0.5) is 0 Å². The summed E-state index contributed by atoms with van der Waals surface area (Å²) in [5.41, 5.74) is 3.68. The number of fused-ring (bicyclic) bond motifs is 1. The molecule has 0 saturated heterocycles. The predicted molar refractivity (Wildman–Crippen MR) is 121 cm³/mol. The molecule has 3 aromatic carbocycles. The highest BCUT2D eigenvalue weighted by molar-refractivity contribution is 7.99. The number of rotatable bonds is 4. The van der Waals surface area contributed by atoms with E-state index in [0.29, 0.717) is 4.90 Å². The van der Waals surface area contributed by atoms with Crippen LogP contribution >= 0.6 is 11.8 Å². The molecule has 0 saturated carbocycles. The van der Waals surface area contributed by atoms with Crippen LogP contribution in [0.15, 0.2) is 81.4 Å². The van der Waals surface area contributed by atoms with Crippen molar-refractivity contribution in [2.24, 2.45) is 0 Å². The minimum absolute atomic E-state index is 0.215. The molecule has 0 aromatic heterocycles. The van der Waals surface area contributed by atoms with Crippen LogP contribution in [0.25, 0.3) is 0 Å². The summed E-state index contributed by atoms with van der Waals surface area (Å²) in [6.07, 6.45) is 2.13. The Balaban J connectivity index is 1.68. The van der Waals surface area contributed by atoms with E-state index in [1.165, 1.54) is 34.7 Å². The van der Waals surface area contributed by atoms with Crippen molar-refractivity contribution in [3.63, 3.8) is 0 Å². The normalized spacial score (nSPS) is 17.3. The highest BCUT2D eigenvalue weighted by Gasteiger charge is 2.24. The molecule has 0 bridgehead atoms. The summed E-state index contributed by atoms with van der Waals surface area (Å²) >= 11 is 1.45. The number of benzene rings is 3. The van der Waals surface area contributed by atoms with Gasteiger partial charge in [-0.1, -0.05) is 42.1 Å². The van der Waals surface area contributed by atoms with Gasteiger partial charge in [-0.3, -0.25) is 0 Å². The van der Waals surface area contributed by atoms with Crippen LogP contribution in [0, 0.1) is 0 Å². The summed E-state index contributed by atoms with van der Waals surface area (Å²) < 4.78 is 23.3. The fourth-order valence-corrected chi connectivity index (χ4v) is 5.44. The van der Waals surface area contributed by atoms with Gasteiger partial charge in [0.1, 0.15) is 5.75 Å². The topological polar surface area (TPSA) is 57.6 Å². The number of phenolic OH excluding ortho intramolecular Hbond substituents is 1. The molecule has 0 fully saturated rings. The lowest BCUT2D eigenvalue weighted by molar-refractivity contribution is 0.338. The first-order valence-corrected chi connectivity index (χ1v) is 12.6. The third-order valence-electron chi connectivity index (χ3n) is 5.53. The number of sulfone groups is 1. The number of aromatic hydroxyl groups is 1. The van der Waals surface area contributed by atoms with Gasteiger partial charge in [-0.25, -0.2) is 8.42 Å². The van der Waals surface area contributed by atoms with E-state index in [4.69, 9.17) is 0 Å². The first-order valence-electron chi connectivity index (χ1n) is 9.88. The van der Waals surface area contributed by atoms with Gasteiger partial charge in [-0.15, -0.1) is 0 Å². The highest BCUT2D eigenvalue weighted by atomic mass is 32.2. The fourth-order valence-electron chi connectivity index (χ4n) is 3.91. The van der Waals surface area contributed by atoms with E-state index in [1.54, 1.807) is 24.3 Å². The van der Waals surface area contributed by atoms with Crippen LogP contribution < -0.4 is 0 Å². The van der Waals surface area contributed by atoms with Gasteiger partial charge in [0.15, 0.2) is 9.84 Å². The van der Waals surface area contributed by atoms with Crippen molar-refractivity contribution in [3.05, 3.63) is 83.4 Å². The van der Waals surface area contributed by atoms with Crippen LogP contribution in [-0.2, 0) is 16.3 Å². The Hall–Kier alpha value is -2.28. The summed E-state index contributed by atoms with van der Waals surface area (Å²) in [5.74, 6) is 0.476. The van der Waals surface area contributed by atoms with Gasteiger partial charge < -0.3 is 10.0 Å². The minimum Gasteiger partial charge on any atom is -0.507 e. The van der Waals surface area contributed by atoms with Crippen LogP contribution in [-0.4, -0.2) is 44.8 Å². The molecule has 1 N–H and O–H groups in total. The third-order valence-corrected chi connectivity index (χ3v) is 7.72. The minimum atomic E-state index is -3.22. The maximum absolute atomic E-state index is 11.7. The molecule has 0 radical (unpaired) electrons. The molecular weight excluding hydrogens is 414 g/mol. The smallest absolute Gasteiger partial charge is 0.175 e. The molecule has 1 aliphatic heterocycles. The second kappa shape index (κ2) is 8.46. The van der Waals surface area contributed by atoms with Gasteiger partial charge in [-0.2, -0.15) is 0 Å². The number of likely N-dealkylation sites (N-methyl/N-ethyl adjacent to an activating group) is 1. The van der Waals surface area contributed by atoms with E-state index < -0.39 is 9.84 Å².